The Morgan fingerprint density at radius 1 is 1.11 bits per heavy atom. The van der Waals surface area contributed by atoms with Crippen LogP contribution in [0.2, 0.25) is 0 Å². The molecule has 3 aliphatic heterocycles. The highest BCUT2D eigenvalue weighted by atomic mass is 32.2. The largest absolute Gasteiger partial charge is 0.379 e. The summed E-state index contributed by atoms with van der Waals surface area (Å²) >= 11 is 2.11. The molecular weight excluding hydrogens is 370 g/mol. The Balaban J connectivity index is 1.41. The minimum absolute atomic E-state index is 0.324. The summed E-state index contributed by atoms with van der Waals surface area (Å²) in [7, 11) is 0. The molecule has 0 aromatic heterocycles. The fourth-order valence-corrected chi connectivity index (χ4v) is 6.37. The highest BCUT2D eigenvalue weighted by Crippen LogP contribution is 2.37. The SMILES string of the molecule is CCNC(=NCC1(N2CCSCC2)CCCC1)N1CCC(N2CCOCC2)C1. The van der Waals surface area contributed by atoms with Crippen molar-refractivity contribution in [2.75, 3.05) is 77.1 Å². The van der Waals surface area contributed by atoms with E-state index in [1.165, 1.54) is 56.7 Å². The molecule has 3 heterocycles. The molecule has 1 saturated carbocycles. The van der Waals surface area contributed by atoms with Gasteiger partial charge in [0.25, 0.3) is 0 Å². The minimum Gasteiger partial charge on any atom is -0.379 e. The maximum atomic E-state index is 5.54. The van der Waals surface area contributed by atoms with Crippen LogP contribution in [0.15, 0.2) is 4.99 Å². The average molecular weight is 410 g/mol. The van der Waals surface area contributed by atoms with Crippen molar-refractivity contribution in [3.05, 3.63) is 0 Å². The van der Waals surface area contributed by atoms with Crippen molar-refractivity contribution in [2.45, 2.75) is 50.6 Å². The van der Waals surface area contributed by atoms with Gasteiger partial charge in [-0.1, -0.05) is 12.8 Å². The lowest BCUT2D eigenvalue weighted by Crippen LogP contribution is -2.53. The monoisotopic (exact) mass is 409 g/mol. The van der Waals surface area contributed by atoms with Crippen LogP contribution in [0.25, 0.3) is 0 Å². The third-order valence-corrected chi connectivity index (χ3v) is 8.04. The molecular formula is C21H39N5OS. The van der Waals surface area contributed by atoms with E-state index in [4.69, 9.17) is 9.73 Å². The van der Waals surface area contributed by atoms with Crippen molar-refractivity contribution in [2.24, 2.45) is 4.99 Å². The lowest BCUT2D eigenvalue weighted by atomic mass is 9.95. The molecule has 4 fully saturated rings. The summed E-state index contributed by atoms with van der Waals surface area (Å²) in [6, 6.07) is 0.660. The van der Waals surface area contributed by atoms with E-state index in [9.17, 15) is 0 Å². The van der Waals surface area contributed by atoms with Gasteiger partial charge in [0.15, 0.2) is 5.96 Å². The molecule has 0 aromatic carbocycles. The Hall–Kier alpha value is -0.500. The topological polar surface area (TPSA) is 43.3 Å². The second-order valence-corrected chi connectivity index (χ2v) is 9.96. The highest BCUT2D eigenvalue weighted by molar-refractivity contribution is 7.99. The Kier molecular flexibility index (Phi) is 7.42. The van der Waals surface area contributed by atoms with Crippen LogP contribution in [0.1, 0.15) is 39.0 Å². The van der Waals surface area contributed by atoms with Gasteiger partial charge in [0, 0.05) is 68.9 Å². The van der Waals surface area contributed by atoms with Gasteiger partial charge in [0.1, 0.15) is 0 Å². The highest BCUT2D eigenvalue weighted by Gasteiger charge is 2.40. The number of hydrogen-bond donors (Lipinski definition) is 1. The van der Waals surface area contributed by atoms with E-state index in [1.807, 2.05) is 0 Å². The van der Waals surface area contributed by atoms with Gasteiger partial charge in [-0.2, -0.15) is 11.8 Å². The summed E-state index contributed by atoms with van der Waals surface area (Å²) in [6.45, 7) is 12.8. The van der Waals surface area contributed by atoms with Crippen molar-refractivity contribution in [1.82, 2.24) is 20.0 Å². The van der Waals surface area contributed by atoms with Crippen LogP contribution in [0.3, 0.4) is 0 Å². The molecule has 6 nitrogen and oxygen atoms in total. The van der Waals surface area contributed by atoms with E-state index in [0.29, 0.717) is 11.6 Å². The zero-order chi connectivity index (χ0) is 19.2. The summed E-state index contributed by atoms with van der Waals surface area (Å²) in [6.07, 6.45) is 6.66. The van der Waals surface area contributed by atoms with Crippen LogP contribution in [0, 0.1) is 0 Å². The summed E-state index contributed by atoms with van der Waals surface area (Å²) in [5, 5.41) is 3.60. The van der Waals surface area contributed by atoms with Crippen LogP contribution < -0.4 is 5.32 Å². The summed E-state index contributed by atoms with van der Waals surface area (Å²) in [5.41, 5.74) is 0.324. The molecule has 160 valence electrons. The number of likely N-dealkylation sites (tertiary alicyclic amines) is 1. The van der Waals surface area contributed by atoms with Crippen molar-refractivity contribution in [1.29, 1.82) is 0 Å². The van der Waals surface area contributed by atoms with Gasteiger partial charge in [0.05, 0.1) is 19.8 Å². The molecule has 0 spiro atoms. The van der Waals surface area contributed by atoms with Gasteiger partial charge in [-0.25, -0.2) is 0 Å². The van der Waals surface area contributed by atoms with Gasteiger partial charge < -0.3 is 15.0 Å². The third kappa shape index (κ3) is 4.79. The zero-order valence-corrected chi connectivity index (χ0v) is 18.5. The average Bonchev–Trinajstić information content (AvgIpc) is 3.43. The molecule has 0 amide bonds. The van der Waals surface area contributed by atoms with Crippen molar-refractivity contribution < 1.29 is 4.74 Å². The maximum Gasteiger partial charge on any atom is 0.194 e. The molecule has 4 aliphatic rings. The molecule has 28 heavy (non-hydrogen) atoms. The van der Waals surface area contributed by atoms with E-state index >= 15 is 0 Å². The predicted molar refractivity (Wildman–Crippen MR) is 118 cm³/mol. The van der Waals surface area contributed by atoms with Crippen LogP contribution in [0.4, 0.5) is 0 Å². The Morgan fingerprint density at radius 2 is 1.86 bits per heavy atom. The molecule has 1 atom stereocenters. The first-order valence-electron chi connectivity index (χ1n) is 11.5. The second-order valence-electron chi connectivity index (χ2n) is 8.74. The third-order valence-electron chi connectivity index (χ3n) is 7.10. The van der Waals surface area contributed by atoms with Gasteiger partial charge in [-0.15, -0.1) is 0 Å². The Bertz CT molecular complexity index is 513. The van der Waals surface area contributed by atoms with E-state index < -0.39 is 0 Å². The smallest absolute Gasteiger partial charge is 0.194 e. The van der Waals surface area contributed by atoms with Crippen LogP contribution in [0.5, 0.6) is 0 Å². The van der Waals surface area contributed by atoms with Gasteiger partial charge in [0.2, 0.25) is 0 Å². The predicted octanol–water partition coefficient (Wildman–Crippen LogP) is 1.72. The number of thioether (sulfide) groups is 1. The molecule has 4 rings (SSSR count). The van der Waals surface area contributed by atoms with E-state index in [2.05, 4.69) is 38.7 Å². The van der Waals surface area contributed by atoms with Gasteiger partial charge in [-0.3, -0.25) is 14.8 Å². The fourth-order valence-electron chi connectivity index (χ4n) is 5.47. The van der Waals surface area contributed by atoms with Crippen molar-refractivity contribution in [3.8, 4) is 0 Å². The second kappa shape index (κ2) is 10.0. The van der Waals surface area contributed by atoms with Gasteiger partial charge >= 0.3 is 0 Å². The molecule has 0 aromatic rings. The van der Waals surface area contributed by atoms with E-state index in [-0.39, 0.29) is 0 Å². The van der Waals surface area contributed by atoms with Crippen molar-refractivity contribution >= 4 is 17.7 Å². The number of morpholine rings is 1. The van der Waals surface area contributed by atoms with E-state index in [1.54, 1.807) is 0 Å². The number of hydrogen-bond acceptors (Lipinski definition) is 5. The van der Waals surface area contributed by atoms with Crippen LogP contribution in [-0.2, 0) is 4.74 Å². The standard InChI is InChI=1S/C21H39N5OS/c1-2-22-20(25-8-5-19(17-25)24-9-13-27-14-10-24)23-18-21(6-3-4-7-21)26-11-15-28-16-12-26/h19H,2-18H2,1H3,(H,22,23). The van der Waals surface area contributed by atoms with Crippen molar-refractivity contribution in [3.63, 3.8) is 0 Å². The molecule has 1 unspecified atom stereocenters. The maximum absolute atomic E-state index is 5.54. The summed E-state index contributed by atoms with van der Waals surface area (Å²) in [5.74, 6) is 3.73. The molecule has 0 radical (unpaired) electrons. The molecule has 3 saturated heterocycles. The number of guanidine groups is 1. The van der Waals surface area contributed by atoms with Crippen LogP contribution in [-0.4, -0.2) is 109 Å². The molecule has 1 N–H and O–H groups in total. The number of ether oxygens (including phenoxy) is 1. The number of nitrogens with zero attached hydrogens (tertiary/aromatic N) is 4. The zero-order valence-electron chi connectivity index (χ0n) is 17.7. The fraction of sp³-hybridized carbons (Fsp3) is 0.952. The van der Waals surface area contributed by atoms with E-state index in [0.717, 1.165) is 58.4 Å². The molecule has 7 heteroatoms. The lowest BCUT2D eigenvalue weighted by molar-refractivity contribution is 0.0194. The first kappa shape index (κ1) is 20.8. The summed E-state index contributed by atoms with van der Waals surface area (Å²) in [4.78, 5) is 13.2. The lowest BCUT2D eigenvalue weighted by Gasteiger charge is -2.42. The minimum atomic E-state index is 0.324. The summed E-state index contributed by atoms with van der Waals surface area (Å²) < 4.78 is 5.54. The number of rotatable bonds is 5. The number of aliphatic imine (C=N–C) groups is 1. The first-order valence-corrected chi connectivity index (χ1v) is 12.6. The first-order chi connectivity index (χ1) is 13.8. The van der Waals surface area contributed by atoms with Gasteiger partial charge in [-0.05, 0) is 26.2 Å². The number of nitrogens with one attached hydrogen (secondary N) is 1. The normalized spacial score (nSPS) is 30.1. The quantitative estimate of drug-likeness (QED) is 0.551. The molecule has 1 aliphatic carbocycles. The van der Waals surface area contributed by atoms with Crippen LogP contribution >= 0.6 is 11.8 Å². The Morgan fingerprint density at radius 3 is 2.57 bits per heavy atom. The molecule has 0 bridgehead atoms. The Labute approximate surface area is 175 Å².